The minimum absolute atomic E-state index is 0.159. The zero-order chi connectivity index (χ0) is 19.9. The summed E-state index contributed by atoms with van der Waals surface area (Å²) in [6, 6.07) is 12.8. The van der Waals surface area contributed by atoms with E-state index in [1.165, 1.54) is 30.6 Å². The SMILES string of the molecule is COC(=O)c1ccc(NC(=O)Cc2csc(SCc3ccc(F)cc3)n2)cc1. The zero-order valence-electron chi connectivity index (χ0n) is 15.0. The van der Waals surface area contributed by atoms with Crippen molar-refractivity contribution in [3.8, 4) is 0 Å². The molecule has 3 aromatic rings. The number of benzene rings is 2. The van der Waals surface area contributed by atoms with Crippen LogP contribution in [0.1, 0.15) is 21.6 Å². The summed E-state index contributed by atoms with van der Waals surface area (Å²) in [6.07, 6.45) is 0.159. The highest BCUT2D eigenvalue weighted by Gasteiger charge is 2.10. The van der Waals surface area contributed by atoms with Crippen LogP contribution < -0.4 is 5.32 Å². The number of rotatable bonds is 7. The fraction of sp³-hybridized carbons (Fsp3) is 0.150. The molecule has 0 saturated carbocycles. The smallest absolute Gasteiger partial charge is 0.337 e. The number of esters is 1. The lowest BCUT2D eigenvalue weighted by molar-refractivity contribution is -0.115. The Morgan fingerprint density at radius 3 is 2.54 bits per heavy atom. The highest BCUT2D eigenvalue weighted by Crippen LogP contribution is 2.26. The van der Waals surface area contributed by atoms with Crippen LogP contribution in [0.25, 0.3) is 0 Å². The van der Waals surface area contributed by atoms with Gasteiger partial charge in [0.05, 0.1) is 24.8 Å². The van der Waals surface area contributed by atoms with Gasteiger partial charge in [-0.3, -0.25) is 4.79 Å². The molecule has 144 valence electrons. The van der Waals surface area contributed by atoms with Gasteiger partial charge in [-0.1, -0.05) is 23.9 Å². The summed E-state index contributed by atoms with van der Waals surface area (Å²) in [5.74, 6) is -0.181. The summed E-state index contributed by atoms with van der Waals surface area (Å²) in [4.78, 5) is 28.1. The number of nitrogens with zero attached hydrogens (tertiary/aromatic N) is 1. The second kappa shape index (κ2) is 9.48. The molecule has 0 fully saturated rings. The molecule has 3 rings (SSSR count). The third kappa shape index (κ3) is 5.64. The molecule has 0 bridgehead atoms. The fourth-order valence-electron chi connectivity index (χ4n) is 2.34. The van der Waals surface area contributed by atoms with E-state index in [9.17, 15) is 14.0 Å². The summed E-state index contributed by atoms with van der Waals surface area (Å²) in [5.41, 5.74) is 2.72. The molecule has 0 aliphatic rings. The van der Waals surface area contributed by atoms with Gasteiger partial charge >= 0.3 is 5.97 Å². The summed E-state index contributed by atoms with van der Waals surface area (Å²) < 4.78 is 18.4. The Hall–Kier alpha value is -2.71. The van der Waals surface area contributed by atoms with Gasteiger partial charge in [0.25, 0.3) is 0 Å². The predicted molar refractivity (Wildman–Crippen MR) is 108 cm³/mol. The van der Waals surface area contributed by atoms with Crippen molar-refractivity contribution < 1.29 is 18.7 Å². The summed E-state index contributed by atoms with van der Waals surface area (Å²) in [6.45, 7) is 0. The van der Waals surface area contributed by atoms with Gasteiger partial charge in [-0.15, -0.1) is 11.3 Å². The molecule has 0 atom stereocenters. The number of ether oxygens (including phenoxy) is 1. The Balaban J connectivity index is 1.50. The van der Waals surface area contributed by atoms with E-state index in [0.717, 1.165) is 9.90 Å². The van der Waals surface area contributed by atoms with Gasteiger partial charge in [0.2, 0.25) is 5.91 Å². The third-order valence-electron chi connectivity index (χ3n) is 3.74. The second-order valence-electron chi connectivity index (χ2n) is 5.81. The first-order chi connectivity index (χ1) is 13.5. The van der Waals surface area contributed by atoms with Gasteiger partial charge in [0.1, 0.15) is 10.2 Å². The number of amides is 1. The number of anilines is 1. The summed E-state index contributed by atoms with van der Waals surface area (Å²) in [7, 11) is 1.32. The number of hydrogen-bond donors (Lipinski definition) is 1. The van der Waals surface area contributed by atoms with Gasteiger partial charge in [0.15, 0.2) is 0 Å². The van der Waals surface area contributed by atoms with Gasteiger partial charge in [0, 0.05) is 16.8 Å². The van der Waals surface area contributed by atoms with E-state index < -0.39 is 5.97 Å². The van der Waals surface area contributed by atoms with Crippen LogP contribution in [0.5, 0.6) is 0 Å². The summed E-state index contributed by atoms with van der Waals surface area (Å²) in [5, 5.41) is 4.63. The molecule has 1 amide bonds. The normalized spacial score (nSPS) is 10.5. The topological polar surface area (TPSA) is 68.3 Å². The molecule has 0 radical (unpaired) electrons. The molecule has 28 heavy (non-hydrogen) atoms. The number of thioether (sulfide) groups is 1. The second-order valence-corrected chi connectivity index (χ2v) is 7.89. The number of carbonyl (C=O) groups is 2. The lowest BCUT2D eigenvalue weighted by Crippen LogP contribution is -2.14. The van der Waals surface area contributed by atoms with Crippen LogP contribution in [-0.4, -0.2) is 24.0 Å². The first-order valence-corrected chi connectivity index (χ1v) is 10.2. The number of carbonyl (C=O) groups excluding carboxylic acids is 2. The molecule has 2 aromatic carbocycles. The van der Waals surface area contributed by atoms with Crippen molar-refractivity contribution in [1.82, 2.24) is 4.98 Å². The molecule has 1 N–H and O–H groups in total. The van der Waals surface area contributed by atoms with Crippen LogP contribution in [0.15, 0.2) is 58.3 Å². The average molecular weight is 416 g/mol. The van der Waals surface area contributed by atoms with Crippen LogP contribution in [-0.2, 0) is 21.7 Å². The largest absolute Gasteiger partial charge is 0.465 e. The number of aromatic nitrogens is 1. The van der Waals surface area contributed by atoms with E-state index in [1.807, 2.05) is 5.38 Å². The van der Waals surface area contributed by atoms with Crippen LogP contribution in [0.2, 0.25) is 0 Å². The number of thiazole rings is 1. The van der Waals surface area contributed by atoms with E-state index in [2.05, 4.69) is 15.0 Å². The van der Waals surface area contributed by atoms with Crippen molar-refractivity contribution >= 4 is 40.7 Å². The van der Waals surface area contributed by atoms with Crippen LogP contribution in [0.4, 0.5) is 10.1 Å². The molecule has 8 heteroatoms. The van der Waals surface area contributed by atoms with Gasteiger partial charge in [-0.25, -0.2) is 14.2 Å². The quantitative estimate of drug-likeness (QED) is 0.452. The predicted octanol–water partition coefficient (Wildman–Crippen LogP) is 4.54. The molecule has 5 nitrogen and oxygen atoms in total. The number of nitrogens with one attached hydrogen (secondary N) is 1. The highest BCUT2D eigenvalue weighted by atomic mass is 32.2. The molecular formula is C20H17FN2O3S2. The molecule has 0 saturated heterocycles. The van der Waals surface area contributed by atoms with Crippen molar-refractivity contribution in [3.05, 3.63) is 76.5 Å². The van der Waals surface area contributed by atoms with E-state index in [-0.39, 0.29) is 18.1 Å². The van der Waals surface area contributed by atoms with Crippen molar-refractivity contribution in [1.29, 1.82) is 0 Å². The first-order valence-electron chi connectivity index (χ1n) is 8.33. The molecule has 0 aliphatic carbocycles. The van der Waals surface area contributed by atoms with Crippen LogP contribution in [0.3, 0.4) is 0 Å². The Labute approximate surface area is 170 Å². The van der Waals surface area contributed by atoms with Crippen molar-refractivity contribution in [3.63, 3.8) is 0 Å². The molecule has 0 spiro atoms. The lowest BCUT2D eigenvalue weighted by atomic mass is 10.2. The Bertz CT molecular complexity index is 956. The molecule has 0 unspecified atom stereocenters. The molecule has 1 aromatic heterocycles. The maximum Gasteiger partial charge on any atom is 0.337 e. The van der Waals surface area contributed by atoms with Crippen molar-refractivity contribution in [2.24, 2.45) is 0 Å². The Kier molecular flexibility index (Phi) is 6.78. The van der Waals surface area contributed by atoms with E-state index in [0.29, 0.717) is 22.7 Å². The zero-order valence-corrected chi connectivity index (χ0v) is 16.6. The molecule has 1 heterocycles. The number of hydrogen-bond acceptors (Lipinski definition) is 6. The minimum atomic E-state index is -0.425. The lowest BCUT2D eigenvalue weighted by Gasteiger charge is -2.05. The summed E-state index contributed by atoms with van der Waals surface area (Å²) >= 11 is 3.02. The average Bonchev–Trinajstić information content (AvgIpc) is 3.14. The standard InChI is InChI=1S/C20H17FN2O3S2/c1-26-19(25)14-4-8-16(9-5-14)22-18(24)10-17-12-28-20(23-17)27-11-13-2-6-15(21)7-3-13/h2-9,12H,10-11H2,1H3,(H,22,24). The molecular weight excluding hydrogens is 399 g/mol. The van der Waals surface area contributed by atoms with Crippen molar-refractivity contribution in [2.45, 2.75) is 16.5 Å². The fourth-order valence-corrected chi connectivity index (χ4v) is 4.14. The minimum Gasteiger partial charge on any atom is -0.465 e. The Morgan fingerprint density at radius 2 is 1.86 bits per heavy atom. The Morgan fingerprint density at radius 1 is 1.14 bits per heavy atom. The van der Waals surface area contributed by atoms with Gasteiger partial charge in [-0.2, -0.15) is 0 Å². The van der Waals surface area contributed by atoms with Gasteiger partial charge in [-0.05, 0) is 42.0 Å². The van der Waals surface area contributed by atoms with Crippen molar-refractivity contribution in [2.75, 3.05) is 12.4 Å². The number of methoxy groups -OCH3 is 1. The molecule has 0 aliphatic heterocycles. The number of halogens is 1. The van der Waals surface area contributed by atoms with Gasteiger partial charge < -0.3 is 10.1 Å². The van der Waals surface area contributed by atoms with Crippen LogP contribution in [0, 0.1) is 5.82 Å². The van der Waals surface area contributed by atoms with E-state index >= 15 is 0 Å². The van der Waals surface area contributed by atoms with Crippen LogP contribution >= 0.6 is 23.1 Å². The highest BCUT2D eigenvalue weighted by molar-refractivity contribution is 8.00. The van der Waals surface area contributed by atoms with E-state index in [4.69, 9.17) is 0 Å². The maximum atomic E-state index is 12.9. The maximum absolute atomic E-state index is 12.9. The first kappa shape index (κ1) is 20.0. The third-order valence-corrected chi connectivity index (χ3v) is 5.88. The van der Waals surface area contributed by atoms with E-state index in [1.54, 1.807) is 48.2 Å². The monoisotopic (exact) mass is 416 g/mol.